The molecule has 1 rings (SSSR count). The van der Waals surface area contributed by atoms with Crippen molar-refractivity contribution in [3.05, 3.63) is 35.4 Å². The third-order valence-corrected chi connectivity index (χ3v) is 4.60. The fourth-order valence-corrected chi connectivity index (χ4v) is 2.78. The molecule has 3 N–H and O–H groups in total. The number of thiocarbonyl (C=S) groups is 1. The van der Waals surface area contributed by atoms with Crippen LogP contribution in [-0.4, -0.2) is 10.9 Å². The summed E-state index contributed by atoms with van der Waals surface area (Å²) in [6.07, 6.45) is 1.24. The monoisotopic (exact) mass is 306 g/mol. The molecule has 0 spiro atoms. The molecule has 1 amide bonds. The van der Waals surface area contributed by atoms with Gasteiger partial charge in [-0.05, 0) is 29.9 Å². The normalized spacial score (nSPS) is 11.5. The molecular formula is C17H26N2OS. The Balaban J connectivity index is 2.73. The molecule has 0 saturated heterocycles. The first kappa shape index (κ1) is 17.6. The summed E-state index contributed by atoms with van der Waals surface area (Å²) in [5, 5.41) is 2.97. The van der Waals surface area contributed by atoms with Crippen LogP contribution < -0.4 is 11.1 Å². The van der Waals surface area contributed by atoms with Gasteiger partial charge in [0.1, 0.15) is 0 Å². The predicted molar refractivity (Wildman–Crippen MR) is 92.2 cm³/mol. The van der Waals surface area contributed by atoms with Gasteiger partial charge < -0.3 is 11.1 Å². The van der Waals surface area contributed by atoms with E-state index in [0.29, 0.717) is 25.3 Å². The lowest BCUT2D eigenvalue weighted by molar-refractivity contribution is -0.128. The van der Waals surface area contributed by atoms with E-state index in [9.17, 15) is 4.79 Å². The summed E-state index contributed by atoms with van der Waals surface area (Å²) in [5.41, 5.74) is 7.43. The number of amides is 1. The molecule has 0 unspecified atom stereocenters. The summed E-state index contributed by atoms with van der Waals surface area (Å²) in [6.45, 7) is 8.71. The number of carbonyl (C=O) groups is 1. The van der Waals surface area contributed by atoms with Gasteiger partial charge in [0.2, 0.25) is 5.91 Å². The van der Waals surface area contributed by atoms with Crippen LogP contribution in [0.1, 0.15) is 57.6 Å². The molecule has 0 aromatic heterocycles. The Labute approximate surface area is 133 Å². The van der Waals surface area contributed by atoms with E-state index in [1.165, 1.54) is 5.56 Å². The van der Waals surface area contributed by atoms with Crippen LogP contribution in [0.5, 0.6) is 0 Å². The Bertz CT molecular complexity index is 490. The van der Waals surface area contributed by atoms with Gasteiger partial charge in [0, 0.05) is 6.54 Å². The van der Waals surface area contributed by atoms with Crippen molar-refractivity contribution in [3.63, 3.8) is 0 Å². The maximum Gasteiger partial charge on any atom is 0.233 e. The first-order chi connectivity index (χ1) is 9.87. The first-order valence-corrected chi connectivity index (χ1v) is 7.95. The minimum atomic E-state index is -0.729. The van der Waals surface area contributed by atoms with Gasteiger partial charge in [-0.3, -0.25) is 4.79 Å². The molecule has 0 aliphatic rings. The van der Waals surface area contributed by atoms with Crippen molar-refractivity contribution in [1.82, 2.24) is 5.32 Å². The van der Waals surface area contributed by atoms with E-state index in [4.69, 9.17) is 18.0 Å². The maximum atomic E-state index is 12.4. The van der Waals surface area contributed by atoms with Crippen molar-refractivity contribution < 1.29 is 4.79 Å². The van der Waals surface area contributed by atoms with E-state index < -0.39 is 5.41 Å². The van der Waals surface area contributed by atoms with Gasteiger partial charge in [-0.25, -0.2) is 0 Å². The molecule has 0 fully saturated rings. The number of hydrogen-bond acceptors (Lipinski definition) is 2. The van der Waals surface area contributed by atoms with Crippen LogP contribution >= 0.6 is 12.2 Å². The number of benzene rings is 1. The molecule has 4 heteroatoms. The fourth-order valence-electron chi connectivity index (χ4n) is 2.40. The lowest BCUT2D eigenvalue weighted by atomic mass is 9.81. The highest BCUT2D eigenvalue weighted by atomic mass is 32.1. The topological polar surface area (TPSA) is 55.1 Å². The molecule has 0 saturated carbocycles. The second kappa shape index (κ2) is 7.55. The van der Waals surface area contributed by atoms with E-state index in [1.54, 1.807) is 0 Å². The fraction of sp³-hybridized carbons (Fsp3) is 0.529. The lowest BCUT2D eigenvalue weighted by Gasteiger charge is -2.29. The SMILES string of the molecule is CCC(CC)(C(=O)NCc1ccc(C(C)C)cc1)C(N)=S. The zero-order valence-electron chi connectivity index (χ0n) is 13.4. The van der Waals surface area contributed by atoms with Crippen LogP contribution in [0.2, 0.25) is 0 Å². The van der Waals surface area contributed by atoms with Crippen LogP contribution in [-0.2, 0) is 11.3 Å². The summed E-state index contributed by atoms with van der Waals surface area (Å²) in [7, 11) is 0. The third-order valence-electron chi connectivity index (χ3n) is 4.21. The van der Waals surface area contributed by atoms with E-state index in [-0.39, 0.29) is 10.9 Å². The Morgan fingerprint density at radius 3 is 2.14 bits per heavy atom. The molecule has 21 heavy (non-hydrogen) atoms. The standard InChI is InChI=1S/C17H26N2OS/c1-5-17(6-2,15(18)21)16(20)19-11-13-7-9-14(10-8-13)12(3)4/h7-10,12H,5-6,11H2,1-4H3,(H2,18,21)(H,19,20). The zero-order chi connectivity index (χ0) is 16.0. The Morgan fingerprint density at radius 2 is 1.76 bits per heavy atom. The quantitative estimate of drug-likeness (QED) is 0.758. The van der Waals surface area contributed by atoms with E-state index in [2.05, 4.69) is 43.4 Å². The van der Waals surface area contributed by atoms with Gasteiger partial charge in [-0.2, -0.15) is 0 Å². The van der Waals surface area contributed by atoms with Crippen LogP contribution in [0, 0.1) is 5.41 Å². The highest BCUT2D eigenvalue weighted by molar-refractivity contribution is 7.80. The van der Waals surface area contributed by atoms with Crippen molar-refractivity contribution in [3.8, 4) is 0 Å². The molecule has 0 aliphatic carbocycles. The average molecular weight is 306 g/mol. The highest BCUT2D eigenvalue weighted by Gasteiger charge is 2.37. The average Bonchev–Trinajstić information content (AvgIpc) is 2.47. The molecule has 0 aliphatic heterocycles. The third kappa shape index (κ3) is 4.03. The Morgan fingerprint density at radius 1 is 1.24 bits per heavy atom. The summed E-state index contributed by atoms with van der Waals surface area (Å²) in [4.78, 5) is 12.7. The number of rotatable bonds is 7. The minimum Gasteiger partial charge on any atom is -0.392 e. The Kier molecular flexibility index (Phi) is 6.34. The largest absolute Gasteiger partial charge is 0.392 e. The van der Waals surface area contributed by atoms with Crippen molar-refractivity contribution in [2.75, 3.05) is 0 Å². The molecule has 0 bridgehead atoms. The van der Waals surface area contributed by atoms with Crippen LogP contribution in [0.3, 0.4) is 0 Å². The first-order valence-electron chi connectivity index (χ1n) is 7.54. The van der Waals surface area contributed by atoms with E-state index >= 15 is 0 Å². The summed E-state index contributed by atoms with van der Waals surface area (Å²) >= 11 is 5.10. The van der Waals surface area contributed by atoms with E-state index in [0.717, 1.165) is 5.56 Å². The highest BCUT2D eigenvalue weighted by Crippen LogP contribution is 2.27. The number of carbonyl (C=O) groups excluding carboxylic acids is 1. The summed E-state index contributed by atoms with van der Waals surface area (Å²) in [6, 6.07) is 8.31. The van der Waals surface area contributed by atoms with Crippen molar-refractivity contribution in [2.45, 2.75) is 53.0 Å². The smallest absolute Gasteiger partial charge is 0.233 e. The number of hydrogen-bond donors (Lipinski definition) is 2. The van der Waals surface area contributed by atoms with Crippen molar-refractivity contribution in [1.29, 1.82) is 0 Å². The zero-order valence-corrected chi connectivity index (χ0v) is 14.2. The van der Waals surface area contributed by atoms with Gasteiger partial charge >= 0.3 is 0 Å². The second-order valence-electron chi connectivity index (χ2n) is 5.73. The van der Waals surface area contributed by atoms with E-state index in [1.807, 2.05) is 13.8 Å². The Hall–Kier alpha value is -1.42. The molecule has 116 valence electrons. The predicted octanol–water partition coefficient (Wildman–Crippen LogP) is 3.52. The van der Waals surface area contributed by atoms with Gasteiger partial charge in [0.15, 0.2) is 0 Å². The minimum absolute atomic E-state index is 0.0760. The van der Waals surface area contributed by atoms with Gasteiger partial charge in [-0.15, -0.1) is 0 Å². The molecule has 1 aromatic rings. The maximum absolute atomic E-state index is 12.4. The summed E-state index contributed by atoms with van der Waals surface area (Å²) < 4.78 is 0. The molecule has 3 nitrogen and oxygen atoms in total. The van der Waals surface area contributed by atoms with Crippen molar-refractivity contribution >= 4 is 23.1 Å². The van der Waals surface area contributed by atoms with Gasteiger partial charge in [0.05, 0.1) is 10.4 Å². The number of nitrogens with one attached hydrogen (secondary N) is 1. The van der Waals surface area contributed by atoms with Gasteiger partial charge in [0.25, 0.3) is 0 Å². The van der Waals surface area contributed by atoms with Gasteiger partial charge in [-0.1, -0.05) is 64.2 Å². The molecule has 1 aromatic carbocycles. The van der Waals surface area contributed by atoms with Crippen LogP contribution in [0.25, 0.3) is 0 Å². The summed E-state index contributed by atoms with van der Waals surface area (Å²) in [5.74, 6) is 0.434. The molecule has 0 heterocycles. The van der Waals surface area contributed by atoms with Crippen molar-refractivity contribution in [2.24, 2.45) is 11.1 Å². The molecule has 0 radical (unpaired) electrons. The lowest BCUT2D eigenvalue weighted by Crippen LogP contribution is -2.48. The second-order valence-corrected chi connectivity index (χ2v) is 6.17. The number of nitrogens with two attached hydrogens (primary N) is 1. The molecule has 0 atom stereocenters. The molecular weight excluding hydrogens is 280 g/mol. The van der Waals surface area contributed by atoms with Crippen LogP contribution in [0.4, 0.5) is 0 Å². The van der Waals surface area contributed by atoms with Crippen LogP contribution in [0.15, 0.2) is 24.3 Å².